The van der Waals surface area contributed by atoms with Gasteiger partial charge in [-0.25, -0.2) is 14.9 Å². The number of H-pyrrole nitrogens is 1. The first kappa shape index (κ1) is 11.6. The van der Waals surface area contributed by atoms with E-state index in [1.54, 1.807) is 16.7 Å². The Morgan fingerprint density at radius 3 is 3.00 bits per heavy atom. The largest absolute Gasteiger partial charge is 0.397 e. The molecule has 0 saturated heterocycles. The van der Waals surface area contributed by atoms with E-state index in [2.05, 4.69) is 15.2 Å². The van der Waals surface area contributed by atoms with E-state index in [9.17, 15) is 4.79 Å². The molecule has 0 unspecified atom stereocenters. The van der Waals surface area contributed by atoms with Crippen LogP contribution >= 0.6 is 23.4 Å². The molecule has 0 aromatic carbocycles. The highest BCUT2D eigenvalue weighted by atomic mass is 35.5. The summed E-state index contributed by atoms with van der Waals surface area (Å²) < 4.78 is 1.65. The van der Waals surface area contributed by atoms with Crippen LogP contribution in [-0.4, -0.2) is 19.7 Å². The second-order valence-electron chi connectivity index (χ2n) is 4.04. The van der Waals surface area contributed by atoms with Gasteiger partial charge in [0.15, 0.2) is 5.16 Å². The van der Waals surface area contributed by atoms with Crippen LogP contribution in [0.3, 0.4) is 0 Å². The molecule has 1 aliphatic rings. The highest BCUT2D eigenvalue weighted by Crippen LogP contribution is 2.38. The smallest absolute Gasteiger partial charge is 0.344 e. The normalized spacial score (nSPS) is 14.9. The Kier molecular flexibility index (Phi) is 2.79. The van der Waals surface area contributed by atoms with E-state index in [0.717, 1.165) is 12.8 Å². The maximum Gasteiger partial charge on any atom is 0.344 e. The summed E-state index contributed by atoms with van der Waals surface area (Å²) in [6.07, 6.45) is 2.01. The van der Waals surface area contributed by atoms with Crippen molar-refractivity contribution in [2.24, 2.45) is 0 Å². The Labute approximate surface area is 112 Å². The van der Waals surface area contributed by atoms with Gasteiger partial charge in [-0.05, 0) is 36.7 Å². The summed E-state index contributed by atoms with van der Waals surface area (Å²) in [6.45, 7) is 0. The monoisotopic (exact) mass is 283 g/mol. The second kappa shape index (κ2) is 4.33. The number of pyridine rings is 1. The fourth-order valence-electron chi connectivity index (χ4n) is 1.61. The standard InChI is InChI=1S/C10H10ClN5OS/c11-7-4-3-6(12)8(13-7)18-10-15-14-9(17)16(10)5-1-2-5/h3-5H,1-2,12H2,(H,14,17). The van der Waals surface area contributed by atoms with Crippen LogP contribution in [0.25, 0.3) is 0 Å². The van der Waals surface area contributed by atoms with Gasteiger partial charge in [-0.3, -0.25) is 4.57 Å². The van der Waals surface area contributed by atoms with Crippen LogP contribution in [0.4, 0.5) is 5.69 Å². The van der Waals surface area contributed by atoms with Crippen LogP contribution in [0.5, 0.6) is 0 Å². The third-order valence-electron chi connectivity index (χ3n) is 2.63. The number of nitrogen functional groups attached to an aromatic ring is 1. The average Bonchev–Trinajstić information content (AvgIpc) is 3.10. The molecule has 1 saturated carbocycles. The van der Waals surface area contributed by atoms with E-state index < -0.39 is 0 Å². The fourth-order valence-corrected chi connectivity index (χ4v) is 2.74. The number of anilines is 1. The summed E-state index contributed by atoms with van der Waals surface area (Å²) in [6, 6.07) is 3.56. The lowest BCUT2D eigenvalue weighted by atomic mass is 10.4. The molecule has 6 nitrogen and oxygen atoms in total. The third-order valence-corrected chi connectivity index (χ3v) is 3.83. The predicted molar refractivity (Wildman–Crippen MR) is 68.9 cm³/mol. The number of nitrogens with zero attached hydrogens (tertiary/aromatic N) is 3. The first-order valence-electron chi connectivity index (χ1n) is 5.42. The van der Waals surface area contributed by atoms with Crippen molar-refractivity contribution in [2.45, 2.75) is 29.1 Å². The van der Waals surface area contributed by atoms with Crippen LogP contribution in [0, 0.1) is 0 Å². The summed E-state index contributed by atoms with van der Waals surface area (Å²) >= 11 is 7.07. The van der Waals surface area contributed by atoms with Crippen molar-refractivity contribution in [3.05, 3.63) is 27.8 Å². The minimum Gasteiger partial charge on any atom is -0.397 e. The maximum absolute atomic E-state index is 11.6. The first-order valence-corrected chi connectivity index (χ1v) is 6.61. The summed E-state index contributed by atoms with van der Waals surface area (Å²) in [7, 11) is 0. The van der Waals surface area contributed by atoms with Gasteiger partial charge in [0, 0.05) is 6.04 Å². The van der Waals surface area contributed by atoms with E-state index in [-0.39, 0.29) is 11.7 Å². The molecule has 0 atom stereocenters. The average molecular weight is 284 g/mol. The summed E-state index contributed by atoms with van der Waals surface area (Å²) in [5, 5.41) is 7.94. The molecular formula is C10H10ClN5OS. The number of nitrogens with two attached hydrogens (primary N) is 1. The van der Waals surface area contributed by atoms with Crippen LogP contribution < -0.4 is 11.4 Å². The topological polar surface area (TPSA) is 89.6 Å². The summed E-state index contributed by atoms with van der Waals surface area (Å²) in [5.41, 5.74) is 6.14. The van der Waals surface area contributed by atoms with Crippen molar-refractivity contribution in [1.29, 1.82) is 0 Å². The predicted octanol–water partition coefficient (Wildman–Crippen LogP) is 1.69. The second-order valence-corrected chi connectivity index (χ2v) is 5.39. The third kappa shape index (κ3) is 2.11. The fraction of sp³-hybridized carbons (Fsp3) is 0.300. The molecule has 0 bridgehead atoms. The van der Waals surface area contributed by atoms with E-state index in [4.69, 9.17) is 17.3 Å². The molecule has 3 rings (SSSR count). The zero-order valence-corrected chi connectivity index (χ0v) is 10.8. The molecule has 0 amide bonds. The Morgan fingerprint density at radius 2 is 2.28 bits per heavy atom. The molecule has 18 heavy (non-hydrogen) atoms. The number of aromatic amines is 1. The number of halogens is 1. The molecule has 8 heteroatoms. The molecule has 1 aliphatic carbocycles. The zero-order chi connectivity index (χ0) is 12.7. The van der Waals surface area contributed by atoms with E-state index in [1.807, 2.05) is 0 Å². The van der Waals surface area contributed by atoms with Crippen molar-refractivity contribution >= 4 is 29.1 Å². The van der Waals surface area contributed by atoms with Gasteiger partial charge in [0.25, 0.3) is 0 Å². The number of rotatable bonds is 3. The zero-order valence-electron chi connectivity index (χ0n) is 9.26. The van der Waals surface area contributed by atoms with Crippen molar-refractivity contribution < 1.29 is 0 Å². The SMILES string of the molecule is Nc1ccc(Cl)nc1Sc1n[nH]c(=O)n1C1CC1. The van der Waals surface area contributed by atoms with Crippen LogP contribution in [0.2, 0.25) is 5.15 Å². The Hall–Kier alpha value is -1.47. The van der Waals surface area contributed by atoms with Crippen LogP contribution in [0.15, 0.2) is 27.1 Å². The Morgan fingerprint density at radius 1 is 1.50 bits per heavy atom. The van der Waals surface area contributed by atoms with Gasteiger partial charge >= 0.3 is 5.69 Å². The number of hydrogen-bond donors (Lipinski definition) is 2. The summed E-state index contributed by atoms with van der Waals surface area (Å²) in [4.78, 5) is 15.7. The number of nitrogens with one attached hydrogen (secondary N) is 1. The molecule has 1 fully saturated rings. The quantitative estimate of drug-likeness (QED) is 0.837. The van der Waals surface area contributed by atoms with Crippen molar-refractivity contribution in [1.82, 2.24) is 19.7 Å². The Balaban J connectivity index is 1.97. The number of aromatic nitrogens is 4. The van der Waals surface area contributed by atoms with Crippen molar-refractivity contribution in [3.8, 4) is 0 Å². The molecule has 3 N–H and O–H groups in total. The van der Waals surface area contributed by atoms with Crippen molar-refractivity contribution in [2.75, 3.05) is 5.73 Å². The van der Waals surface area contributed by atoms with Crippen LogP contribution in [0.1, 0.15) is 18.9 Å². The van der Waals surface area contributed by atoms with Gasteiger partial charge < -0.3 is 5.73 Å². The number of hydrogen-bond acceptors (Lipinski definition) is 5. The van der Waals surface area contributed by atoms with Gasteiger partial charge in [-0.1, -0.05) is 11.6 Å². The van der Waals surface area contributed by atoms with Gasteiger partial charge in [0.2, 0.25) is 0 Å². The van der Waals surface area contributed by atoms with E-state index in [0.29, 0.717) is 21.0 Å². The Bertz CT molecular complexity index is 648. The van der Waals surface area contributed by atoms with E-state index in [1.165, 1.54) is 11.8 Å². The highest BCUT2D eigenvalue weighted by molar-refractivity contribution is 7.99. The van der Waals surface area contributed by atoms with Gasteiger partial charge in [-0.2, -0.15) is 0 Å². The molecule has 2 aromatic heterocycles. The van der Waals surface area contributed by atoms with E-state index >= 15 is 0 Å². The molecule has 2 aromatic rings. The maximum atomic E-state index is 11.6. The molecule has 94 valence electrons. The molecule has 0 radical (unpaired) electrons. The lowest BCUT2D eigenvalue weighted by Gasteiger charge is -2.05. The molecular weight excluding hydrogens is 274 g/mol. The molecule has 0 spiro atoms. The van der Waals surface area contributed by atoms with Gasteiger partial charge in [-0.15, -0.1) is 5.10 Å². The lowest BCUT2D eigenvalue weighted by molar-refractivity contribution is 0.642. The van der Waals surface area contributed by atoms with Gasteiger partial charge in [0.05, 0.1) is 5.69 Å². The van der Waals surface area contributed by atoms with Crippen LogP contribution in [-0.2, 0) is 0 Å². The molecule has 0 aliphatic heterocycles. The summed E-state index contributed by atoms with van der Waals surface area (Å²) in [5.74, 6) is 0. The highest BCUT2D eigenvalue weighted by Gasteiger charge is 2.29. The van der Waals surface area contributed by atoms with Crippen molar-refractivity contribution in [3.63, 3.8) is 0 Å². The minimum absolute atomic E-state index is 0.194. The van der Waals surface area contributed by atoms with Gasteiger partial charge in [0.1, 0.15) is 10.2 Å². The minimum atomic E-state index is -0.194. The first-order chi connectivity index (χ1) is 8.65. The molecule has 2 heterocycles. The lowest BCUT2D eigenvalue weighted by Crippen LogP contribution is -2.16.